The molecular formula is C20H18ClN3O2. The summed E-state index contributed by atoms with van der Waals surface area (Å²) in [5.74, 6) is -0.404. The normalized spacial score (nSPS) is 11.3. The molecule has 0 saturated heterocycles. The molecule has 0 spiro atoms. The molecule has 5 nitrogen and oxygen atoms in total. The fourth-order valence-corrected chi connectivity index (χ4v) is 3.62. The van der Waals surface area contributed by atoms with Gasteiger partial charge in [-0.3, -0.25) is 4.68 Å². The summed E-state index contributed by atoms with van der Waals surface area (Å²) in [4.78, 5) is 12.3. The van der Waals surface area contributed by atoms with Crippen LogP contribution in [0, 0.1) is 0 Å². The van der Waals surface area contributed by atoms with Gasteiger partial charge in [0.1, 0.15) is 10.7 Å². The van der Waals surface area contributed by atoms with Crippen LogP contribution in [-0.2, 0) is 18.3 Å². The number of esters is 1. The SMILES string of the molecule is CCOC(=O)c1c(Cl)n(C)c2c1ccc1c2cnn1Cc1ccccc1. The molecule has 2 heterocycles. The van der Waals surface area contributed by atoms with Crippen LogP contribution in [0.1, 0.15) is 22.8 Å². The monoisotopic (exact) mass is 367 g/mol. The van der Waals surface area contributed by atoms with Crippen LogP contribution in [0.4, 0.5) is 0 Å². The van der Waals surface area contributed by atoms with E-state index in [2.05, 4.69) is 17.2 Å². The first-order valence-electron chi connectivity index (χ1n) is 8.45. The zero-order valence-corrected chi connectivity index (χ0v) is 15.3. The van der Waals surface area contributed by atoms with E-state index in [9.17, 15) is 4.79 Å². The number of rotatable bonds is 4. The highest BCUT2D eigenvalue weighted by Crippen LogP contribution is 2.34. The maximum Gasteiger partial charge on any atom is 0.341 e. The van der Waals surface area contributed by atoms with Crippen LogP contribution >= 0.6 is 11.6 Å². The van der Waals surface area contributed by atoms with Gasteiger partial charge < -0.3 is 9.30 Å². The predicted molar refractivity (Wildman–Crippen MR) is 103 cm³/mol. The number of carbonyl (C=O) groups is 1. The summed E-state index contributed by atoms with van der Waals surface area (Å²) in [6, 6.07) is 14.1. The fourth-order valence-electron chi connectivity index (χ4n) is 3.36. The summed E-state index contributed by atoms with van der Waals surface area (Å²) in [6.45, 7) is 2.77. The number of carbonyl (C=O) groups excluding carboxylic acids is 1. The standard InChI is InChI=1S/C20H18ClN3O2/c1-3-26-20(25)17-14-9-10-16-15(18(14)23(2)19(17)21)11-22-24(16)12-13-7-5-4-6-8-13/h4-11H,3,12H2,1-2H3. The van der Waals surface area contributed by atoms with Crippen molar-refractivity contribution in [3.63, 3.8) is 0 Å². The van der Waals surface area contributed by atoms with Gasteiger partial charge >= 0.3 is 5.97 Å². The van der Waals surface area contributed by atoms with E-state index in [1.54, 1.807) is 6.92 Å². The molecule has 0 fully saturated rings. The minimum absolute atomic E-state index is 0.308. The molecule has 0 atom stereocenters. The Morgan fingerprint density at radius 3 is 2.65 bits per heavy atom. The molecule has 0 bridgehead atoms. The third-order valence-corrected chi connectivity index (χ3v) is 5.00. The van der Waals surface area contributed by atoms with Gasteiger partial charge in [-0.1, -0.05) is 41.9 Å². The number of hydrogen-bond acceptors (Lipinski definition) is 3. The second-order valence-corrected chi connectivity index (χ2v) is 6.49. The van der Waals surface area contributed by atoms with Crippen LogP contribution in [-0.4, -0.2) is 26.9 Å². The van der Waals surface area contributed by atoms with E-state index in [4.69, 9.17) is 16.3 Å². The maximum atomic E-state index is 12.3. The quantitative estimate of drug-likeness (QED) is 0.502. The van der Waals surface area contributed by atoms with Crippen molar-refractivity contribution in [1.82, 2.24) is 14.3 Å². The van der Waals surface area contributed by atoms with Gasteiger partial charge in [0.15, 0.2) is 0 Å². The average Bonchev–Trinajstić information content (AvgIpc) is 3.15. The van der Waals surface area contributed by atoms with Gasteiger partial charge in [-0.05, 0) is 24.6 Å². The lowest BCUT2D eigenvalue weighted by molar-refractivity contribution is 0.0528. The van der Waals surface area contributed by atoms with Crippen molar-refractivity contribution in [2.75, 3.05) is 6.61 Å². The Morgan fingerprint density at radius 1 is 1.15 bits per heavy atom. The second-order valence-electron chi connectivity index (χ2n) is 6.13. The number of hydrogen-bond donors (Lipinski definition) is 0. The molecule has 0 aliphatic heterocycles. The molecule has 6 heteroatoms. The van der Waals surface area contributed by atoms with E-state index in [0.717, 1.165) is 21.8 Å². The van der Waals surface area contributed by atoms with Gasteiger partial charge in [-0.15, -0.1) is 0 Å². The summed E-state index contributed by atoms with van der Waals surface area (Å²) in [7, 11) is 1.85. The smallest absolute Gasteiger partial charge is 0.341 e. The first-order valence-corrected chi connectivity index (χ1v) is 8.83. The van der Waals surface area contributed by atoms with Crippen LogP contribution in [0.15, 0.2) is 48.7 Å². The van der Waals surface area contributed by atoms with Crippen LogP contribution in [0.5, 0.6) is 0 Å². The van der Waals surface area contributed by atoms with E-state index in [0.29, 0.717) is 23.9 Å². The molecule has 0 unspecified atom stereocenters. The van der Waals surface area contributed by atoms with Crippen LogP contribution in [0.25, 0.3) is 21.8 Å². The van der Waals surface area contributed by atoms with Gasteiger partial charge in [-0.25, -0.2) is 4.79 Å². The van der Waals surface area contributed by atoms with Crippen molar-refractivity contribution in [2.45, 2.75) is 13.5 Å². The Labute approximate surface area is 155 Å². The first-order chi connectivity index (χ1) is 12.6. The van der Waals surface area contributed by atoms with E-state index in [1.165, 1.54) is 5.56 Å². The molecule has 0 aliphatic carbocycles. The van der Waals surface area contributed by atoms with Crippen molar-refractivity contribution < 1.29 is 9.53 Å². The van der Waals surface area contributed by atoms with E-state index >= 15 is 0 Å². The molecule has 132 valence electrons. The molecule has 26 heavy (non-hydrogen) atoms. The van der Waals surface area contributed by atoms with Crippen LogP contribution in [0.2, 0.25) is 5.15 Å². The Balaban J connectivity index is 1.89. The third-order valence-electron chi connectivity index (χ3n) is 4.56. The third kappa shape index (κ3) is 2.56. The summed E-state index contributed by atoms with van der Waals surface area (Å²) >= 11 is 6.44. The number of ether oxygens (including phenoxy) is 1. The molecular weight excluding hydrogens is 350 g/mol. The van der Waals surface area contributed by atoms with Gasteiger partial charge in [0.05, 0.1) is 30.4 Å². The van der Waals surface area contributed by atoms with Crippen molar-refractivity contribution in [3.05, 3.63) is 64.9 Å². The topological polar surface area (TPSA) is 49.1 Å². The first kappa shape index (κ1) is 16.7. The van der Waals surface area contributed by atoms with Crippen molar-refractivity contribution >= 4 is 39.4 Å². The predicted octanol–water partition coefficient (Wildman–Crippen LogP) is 4.41. The molecule has 0 aliphatic rings. The molecule has 2 aromatic carbocycles. The summed E-state index contributed by atoms with van der Waals surface area (Å²) in [5, 5.41) is 6.66. The number of halogens is 1. The Hall–Kier alpha value is -2.79. The van der Waals surface area contributed by atoms with Gasteiger partial charge in [0.25, 0.3) is 0 Å². The average molecular weight is 368 g/mol. The highest BCUT2D eigenvalue weighted by Gasteiger charge is 2.23. The van der Waals surface area contributed by atoms with Crippen molar-refractivity contribution in [3.8, 4) is 0 Å². The van der Waals surface area contributed by atoms with Crippen LogP contribution in [0.3, 0.4) is 0 Å². The summed E-state index contributed by atoms with van der Waals surface area (Å²) in [6.07, 6.45) is 1.83. The summed E-state index contributed by atoms with van der Waals surface area (Å²) in [5.41, 5.74) is 3.46. The molecule has 4 rings (SSSR count). The molecule has 0 saturated carbocycles. The molecule has 4 aromatic rings. The van der Waals surface area contributed by atoms with E-state index < -0.39 is 5.97 Å². The van der Waals surface area contributed by atoms with E-state index in [1.807, 2.05) is 52.8 Å². The Bertz CT molecular complexity index is 1110. The van der Waals surface area contributed by atoms with Crippen molar-refractivity contribution in [1.29, 1.82) is 0 Å². The largest absolute Gasteiger partial charge is 0.462 e. The van der Waals surface area contributed by atoms with Gasteiger partial charge in [0, 0.05) is 17.8 Å². The highest BCUT2D eigenvalue weighted by atomic mass is 35.5. The molecule has 2 aromatic heterocycles. The number of nitrogens with zero attached hydrogens (tertiary/aromatic N) is 3. The molecule has 0 amide bonds. The van der Waals surface area contributed by atoms with Crippen LogP contribution < -0.4 is 0 Å². The Kier molecular flexibility index (Phi) is 4.17. The summed E-state index contributed by atoms with van der Waals surface area (Å²) < 4.78 is 8.94. The minimum atomic E-state index is -0.404. The zero-order chi connectivity index (χ0) is 18.3. The lowest BCUT2D eigenvalue weighted by Crippen LogP contribution is -2.04. The maximum absolute atomic E-state index is 12.3. The second kappa shape index (κ2) is 6.50. The lowest BCUT2D eigenvalue weighted by atomic mass is 10.1. The fraction of sp³-hybridized carbons (Fsp3) is 0.200. The van der Waals surface area contributed by atoms with Crippen molar-refractivity contribution in [2.24, 2.45) is 7.05 Å². The van der Waals surface area contributed by atoms with Gasteiger partial charge in [0.2, 0.25) is 0 Å². The number of aromatic nitrogens is 3. The number of fused-ring (bicyclic) bond motifs is 3. The van der Waals surface area contributed by atoms with Gasteiger partial charge in [-0.2, -0.15) is 5.10 Å². The minimum Gasteiger partial charge on any atom is -0.462 e. The zero-order valence-electron chi connectivity index (χ0n) is 14.6. The Morgan fingerprint density at radius 2 is 1.92 bits per heavy atom. The lowest BCUT2D eigenvalue weighted by Gasteiger charge is -2.05. The number of aryl methyl sites for hydroxylation is 1. The van der Waals surface area contributed by atoms with E-state index in [-0.39, 0.29) is 0 Å². The highest BCUT2D eigenvalue weighted by molar-refractivity contribution is 6.36. The number of benzene rings is 2. The molecule has 0 radical (unpaired) electrons. The molecule has 0 N–H and O–H groups in total.